The molecule has 0 aliphatic carbocycles. The summed E-state index contributed by atoms with van der Waals surface area (Å²) in [5, 5.41) is 11.4. The van der Waals surface area contributed by atoms with E-state index >= 15 is 0 Å². The van der Waals surface area contributed by atoms with Gasteiger partial charge in [-0.1, -0.05) is 50.7 Å². The summed E-state index contributed by atoms with van der Waals surface area (Å²) >= 11 is 0. The molecule has 0 fully saturated rings. The fourth-order valence-corrected chi connectivity index (χ4v) is 3.55. The van der Waals surface area contributed by atoms with E-state index in [1.54, 1.807) is 13.0 Å². The van der Waals surface area contributed by atoms with Gasteiger partial charge < -0.3 is 14.3 Å². The maximum absolute atomic E-state index is 12.5. The SMILES string of the molecule is CCCCCCCCc1c(O)cc(CC=C(C)C)c2oc(=O)c(C(=O)OCC)cc12. The lowest BCUT2D eigenvalue weighted by atomic mass is 9.96. The largest absolute Gasteiger partial charge is 0.508 e. The van der Waals surface area contributed by atoms with Gasteiger partial charge in [0.25, 0.3) is 0 Å². The quantitative estimate of drug-likeness (QED) is 0.208. The third kappa shape index (κ3) is 6.22. The molecule has 0 aliphatic heterocycles. The molecule has 1 aromatic carbocycles. The number of hydrogen-bond donors (Lipinski definition) is 1. The molecular weight excluding hydrogens is 380 g/mol. The number of esters is 1. The predicted octanol–water partition coefficient (Wildman–Crippen LogP) is 6.09. The fourth-order valence-electron chi connectivity index (χ4n) is 3.55. The number of benzene rings is 1. The lowest BCUT2D eigenvalue weighted by Crippen LogP contribution is -2.17. The first-order chi connectivity index (χ1) is 14.4. The Bertz CT molecular complexity index is 948. The number of rotatable bonds is 11. The summed E-state index contributed by atoms with van der Waals surface area (Å²) in [7, 11) is 0. The highest BCUT2D eigenvalue weighted by Gasteiger charge is 2.20. The molecule has 0 atom stereocenters. The molecule has 0 aliphatic rings. The van der Waals surface area contributed by atoms with Crippen LogP contribution >= 0.6 is 0 Å². The highest BCUT2D eigenvalue weighted by Crippen LogP contribution is 2.32. The lowest BCUT2D eigenvalue weighted by molar-refractivity contribution is 0.0521. The Balaban J connectivity index is 2.47. The van der Waals surface area contributed by atoms with Crippen LogP contribution in [0, 0.1) is 0 Å². The molecule has 0 bridgehead atoms. The van der Waals surface area contributed by atoms with Gasteiger partial charge >= 0.3 is 11.6 Å². The van der Waals surface area contributed by atoms with Crippen LogP contribution in [0.25, 0.3) is 11.0 Å². The molecule has 1 aromatic heterocycles. The predicted molar refractivity (Wildman–Crippen MR) is 120 cm³/mol. The zero-order valence-corrected chi connectivity index (χ0v) is 18.7. The molecule has 0 spiro atoms. The van der Waals surface area contributed by atoms with Crippen molar-refractivity contribution in [1.82, 2.24) is 0 Å². The van der Waals surface area contributed by atoms with Crippen LogP contribution in [-0.2, 0) is 17.6 Å². The summed E-state index contributed by atoms with van der Waals surface area (Å²) in [6.07, 6.45) is 10.0. The van der Waals surface area contributed by atoms with E-state index in [-0.39, 0.29) is 17.9 Å². The van der Waals surface area contributed by atoms with Gasteiger partial charge in [0.05, 0.1) is 6.61 Å². The van der Waals surface area contributed by atoms with Crippen molar-refractivity contribution in [3.63, 3.8) is 0 Å². The standard InChI is InChI=1S/C25H34O5/c1-5-7-8-9-10-11-12-19-20-16-21(24(27)29-6-2)25(28)30-23(20)18(15-22(19)26)14-13-17(3)4/h13,15-16,26H,5-12,14H2,1-4H3. The minimum Gasteiger partial charge on any atom is -0.508 e. The number of aromatic hydroxyl groups is 1. The van der Waals surface area contributed by atoms with Gasteiger partial charge in [0.2, 0.25) is 0 Å². The molecule has 5 nitrogen and oxygen atoms in total. The van der Waals surface area contributed by atoms with Gasteiger partial charge in [-0.3, -0.25) is 0 Å². The number of aryl methyl sites for hydroxylation is 1. The van der Waals surface area contributed by atoms with E-state index in [4.69, 9.17) is 9.15 Å². The van der Waals surface area contributed by atoms with Crippen molar-refractivity contribution >= 4 is 16.9 Å². The van der Waals surface area contributed by atoms with E-state index in [0.29, 0.717) is 23.8 Å². The molecule has 0 radical (unpaired) electrons. The number of phenols is 1. The van der Waals surface area contributed by atoms with Gasteiger partial charge in [-0.05, 0) is 52.2 Å². The molecule has 0 unspecified atom stereocenters. The van der Waals surface area contributed by atoms with E-state index < -0.39 is 11.6 Å². The van der Waals surface area contributed by atoms with Crippen molar-refractivity contribution in [3.05, 3.63) is 50.9 Å². The molecule has 0 saturated carbocycles. The van der Waals surface area contributed by atoms with E-state index in [1.807, 2.05) is 19.9 Å². The van der Waals surface area contributed by atoms with E-state index in [2.05, 4.69) is 6.92 Å². The van der Waals surface area contributed by atoms with Crippen molar-refractivity contribution in [2.45, 2.75) is 79.1 Å². The molecule has 30 heavy (non-hydrogen) atoms. The van der Waals surface area contributed by atoms with Crippen LogP contribution in [0.15, 0.2) is 33.0 Å². The zero-order chi connectivity index (χ0) is 22.1. The second-order valence-electron chi connectivity index (χ2n) is 7.95. The zero-order valence-electron chi connectivity index (χ0n) is 18.7. The number of allylic oxidation sites excluding steroid dienone is 2. The maximum Gasteiger partial charge on any atom is 0.351 e. The summed E-state index contributed by atoms with van der Waals surface area (Å²) in [6, 6.07) is 3.21. The van der Waals surface area contributed by atoms with Crippen LogP contribution < -0.4 is 5.63 Å². The molecular formula is C25H34O5. The molecule has 164 valence electrons. The van der Waals surface area contributed by atoms with Crippen molar-refractivity contribution < 1.29 is 19.1 Å². The molecule has 1 heterocycles. The Labute approximate surface area is 178 Å². The topological polar surface area (TPSA) is 76.7 Å². The van der Waals surface area contributed by atoms with Crippen molar-refractivity contribution in [2.24, 2.45) is 0 Å². The highest BCUT2D eigenvalue weighted by atomic mass is 16.5. The molecule has 1 N–H and O–H groups in total. The van der Waals surface area contributed by atoms with Crippen LogP contribution in [0.1, 0.15) is 87.7 Å². The Hall–Kier alpha value is -2.56. The normalized spacial score (nSPS) is 10.9. The Morgan fingerprint density at radius 3 is 2.47 bits per heavy atom. The summed E-state index contributed by atoms with van der Waals surface area (Å²) < 4.78 is 10.6. The number of carbonyl (C=O) groups excluding carboxylic acids is 1. The second-order valence-corrected chi connectivity index (χ2v) is 7.95. The first-order valence-electron chi connectivity index (χ1n) is 11.0. The molecule has 0 amide bonds. The van der Waals surface area contributed by atoms with Gasteiger partial charge in [0.15, 0.2) is 0 Å². The van der Waals surface area contributed by atoms with E-state index in [0.717, 1.165) is 36.0 Å². The third-order valence-corrected chi connectivity index (χ3v) is 5.19. The molecule has 5 heteroatoms. The number of hydrogen-bond acceptors (Lipinski definition) is 5. The Kier molecular flexibility index (Phi) is 9.15. The van der Waals surface area contributed by atoms with Crippen LogP contribution in [0.4, 0.5) is 0 Å². The van der Waals surface area contributed by atoms with E-state index in [1.165, 1.54) is 25.3 Å². The van der Waals surface area contributed by atoms with Crippen LogP contribution in [-0.4, -0.2) is 17.7 Å². The van der Waals surface area contributed by atoms with Crippen molar-refractivity contribution in [3.8, 4) is 5.75 Å². The van der Waals surface area contributed by atoms with E-state index in [9.17, 15) is 14.7 Å². The molecule has 2 rings (SSSR count). The minimum absolute atomic E-state index is 0.132. The second kappa shape index (κ2) is 11.6. The number of ether oxygens (including phenoxy) is 1. The summed E-state index contributed by atoms with van der Waals surface area (Å²) in [4.78, 5) is 24.7. The number of carbonyl (C=O) groups is 1. The Morgan fingerprint density at radius 1 is 1.10 bits per heavy atom. The smallest absolute Gasteiger partial charge is 0.351 e. The van der Waals surface area contributed by atoms with Gasteiger partial charge in [-0.25, -0.2) is 9.59 Å². The monoisotopic (exact) mass is 414 g/mol. The van der Waals surface area contributed by atoms with Gasteiger partial charge in [0, 0.05) is 16.5 Å². The molecule has 0 saturated heterocycles. The highest BCUT2D eigenvalue weighted by molar-refractivity contribution is 5.95. The van der Waals surface area contributed by atoms with Crippen molar-refractivity contribution in [2.75, 3.05) is 6.61 Å². The Morgan fingerprint density at radius 2 is 1.80 bits per heavy atom. The fraction of sp³-hybridized carbons (Fsp3) is 0.520. The lowest BCUT2D eigenvalue weighted by Gasteiger charge is -2.13. The number of phenolic OH excluding ortho intramolecular Hbond substituents is 1. The number of unbranched alkanes of at least 4 members (excludes halogenated alkanes) is 5. The summed E-state index contributed by atoms with van der Waals surface area (Å²) in [5.74, 6) is -0.523. The first kappa shape index (κ1) is 23.7. The summed E-state index contributed by atoms with van der Waals surface area (Å²) in [6.45, 7) is 8.03. The van der Waals surface area contributed by atoms with Gasteiger partial charge in [0.1, 0.15) is 16.9 Å². The van der Waals surface area contributed by atoms with Gasteiger partial charge in [-0.15, -0.1) is 0 Å². The summed E-state index contributed by atoms with van der Waals surface area (Å²) in [5.41, 5.74) is 2.16. The van der Waals surface area contributed by atoms with Crippen LogP contribution in [0.3, 0.4) is 0 Å². The third-order valence-electron chi connectivity index (χ3n) is 5.19. The first-order valence-corrected chi connectivity index (χ1v) is 11.0. The van der Waals surface area contributed by atoms with Crippen molar-refractivity contribution in [1.29, 1.82) is 0 Å². The van der Waals surface area contributed by atoms with Crippen LogP contribution in [0.5, 0.6) is 5.75 Å². The maximum atomic E-state index is 12.5. The average molecular weight is 415 g/mol. The van der Waals surface area contributed by atoms with Gasteiger partial charge in [-0.2, -0.15) is 0 Å². The number of fused-ring (bicyclic) bond motifs is 1. The average Bonchev–Trinajstić information content (AvgIpc) is 2.70. The minimum atomic E-state index is -0.712. The van der Waals surface area contributed by atoms with Crippen LogP contribution in [0.2, 0.25) is 0 Å². The molecule has 2 aromatic rings.